The molecule has 110 valence electrons. The van der Waals surface area contributed by atoms with Crippen molar-refractivity contribution >= 4 is 5.91 Å². The topological polar surface area (TPSA) is 38.3 Å². The third kappa shape index (κ3) is 3.75. The van der Waals surface area contributed by atoms with Crippen LogP contribution in [0.1, 0.15) is 43.7 Å². The van der Waals surface area contributed by atoms with Crippen LogP contribution in [0.15, 0.2) is 18.2 Å². The maximum Gasteiger partial charge on any atom is 0.258 e. The number of nitrogens with one attached hydrogen (secondary N) is 1. The van der Waals surface area contributed by atoms with E-state index in [1.807, 2.05) is 32.0 Å². The van der Waals surface area contributed by atoms with Gasteiger partial charge in [-0.1, -0.05) is 31.9 Å². The fourth-order valence-electron chi connectivity index (χ4n) is 2.80. The van der Waals surface area contributed by atoms with Crippen LogP contribution in [0.3, 0.4) is 0 Å². The number of hydrogen-bond acceptors (Lipinski definition) is 2. The number of ether oxygens (including phenoxy) is 1. The standard InChI is InChI=1S/C17H25NO2/c1-12-8-6-10-16(14(12)3)20-11-17(19)18-15-9-5-4-7-13(15)2/h6,8,10,13,15H,4-5,7,9,11H2,1-3H3,(H,18,19)/t13-,15+/m0/s1. The van der Waals surface area contributed by atoms with Crippen molar-refractivity contribution in [1.82, 2.24) is 5.32 Å². The highest BCUT2D eigenvalue weighted by Crippen LogP contribution is 2.24. The van der Waals surface area contributed by atoms with E-state index in [1.54, 1.807) is 0 Å². The van der Waals surface area contributed by atoms with Gasteiger partial charge in [0.2, 0.25) is 0 Å². The molecule has 0 heterocycles. The zero-order chi connectivity index (χ0) is 14.5. The van der Waals surface area contributed by atoms with E-state index in [4.69, 9.17) is 4.74 Å². The van der Waals surface area contributed by atoms with E-state index >= 15 is 0 Å². The fourth-order valence-corrected chi connectivity index (χ4v) is 2.80. The first-order valence-electron chi connectivity index (χ1n) is 7.56. The largest absolute Gasteiger partial charge is 0.483 e. The van der Waals surface area contributed by atoms with Crippen molar-refractivity contribution in [2.75, 3.05) is 6.61 Å². The summed E-state index contributed by atoms with van der Waals surface area (Å²) in [6.07, 6.45) is 4.80. The molecule has 3 heteroatoms. The molecule has 3 nitrogen and oxygen atoms in total. The Morgan fingerprint density at radius 3 is 2.80 bits per heavy atom. The molecule has 1 fully saturated rings. The lowest BCUT2D eigenvalue weighted by atomic mass is 9.86. The van der Waals surface area contributed by atoms with E-state index in [-0.39, 0.29) is 12.5 Å². The highest BCUT2D eigenvalue weighted by atomic mass is 16.5. The molecule has 2 atom stereocenters. The average molecular weight is 275 g/mol. The highest BCUT2D eigenvalue weighted by Gasteiger charge is 2.22. The van der Waals surface area contributed by atoms with Gasteiger partial charge in [-0.25, -0.2) is 0 Å². The maximum atomic E-state index is 12.0. The van der Waals surface area contributed by atoms with Crippen LogP contribution in [0.5, 0.6) is 5.75 Å². The number of carbonyl (C=O) groups is 1. The van der Waals surface area contributed by atoms with E-state index < -0.39 is 0 Å². The van der Waals surface area contributed by atoms with Crippen LogP contribution in [0.4, 0.5) is 0 Å². The molecule has 0 bridgehead atoms. The second-order valence-electron chi connectivity index (χ2n) is 5.92. The first-order chi connectivity index (χ1) is 9.58. The van der Waals surface area contributed by atoms with Crippen LogP contribution < -0.4 is 10.1 Å². The first kappa shape index (κ1) is 14.9. The molecular formula is C17H25NO2. The molecule has 1 N–H and O–H groups in total. The van der Waals surface area contributed by atoms with Gasteiger partial charge in [0.25, 0.3) is 5.91 Å². The third-order valence-corrected chi connectivity index (χ3v) is 4.37. The number of rotatable bonds is 4. The molecule has 0 radical (unpaired) electrons. The first-order valence-corrected chi connectivity index (χ1v) is 7.56. The molecule has 0 saturated heterocycles. The van der Waals surface area contributed by atoms with Gasteiger partial charge in [0, 0.05) is 6.04 Å². The summed E-state index contributed by atoms with van der Waals surface area (Å²) in [5, 5.41) is 3.11. The van der Waals surface area contributed by atoms with Crippen LogP contribution in [0.25, 0.3) is 0 Å². The molecule has 2 rings (SSSR count). The van der Waals surface area contributed by atoms with Crippen molar-refractivity contribution in [3.63, 3.8) is 0 Å². The molecule has 0 aliphatic heterocycles. The number of hydrogen-bond donors (Lipinski definition) is 1. The quantitative estimate of drug-likeness (QED) is 0.915. The van der Waals surface area contributed by atoms with E-state index in [1.165, 1.54) is 24.8 Å². The Morgan fingerprint density at radius 1 is 1.30 bits per heavy atom. The molecule has 1 aliphatic carbocycles. The Balaban J connectivity index is 1.84. The Bertz CT molecular complexity index is 470. The second kappa shape index (κ2) is 6.78. The van der Waals surface area contributed by atoms with Gasteiger partial charge < -0.3 is 10.1 Å². The molecule has 1 amide bonds. The zero-order valence-corrected chi connectivity index (χ0v) is 12.7. The van der Waals surface area contributed by atoms with Gasteiger partial charge in [0.05, 0.1) is 0 Å². The predicted molar refractivity (Wildman–Crippen MR) is 81.0 cm³/mol. The molecule has 20 heavy (non-hydrogen) atoms. The monoisotopic (exact) mass is 275 g/mol. The van der Waals surface area contributed by atoms with Gasteiger partial charge in [-0.05, 0) is 49.8 Å². The van der Waals surface area contributed by atoms with Gasteiger partial charge in [-0.3, -0.25) is 4.79 Å². The summed E-state index contributed by atoms with van der Waals surface area (Å²) in [5.74, 6) is 1.37. The van der Waals surface area contributed by atoms with E-state index in [0.717, 1.165) is 17.7 Å². The van der Waals surface area contributed by atoms with Crippen molar-refractivity contribution in [3.8, 4) is 5.75 Å². The number of aryl methyl sites for hydroxylation is 1. The second-order valence-corrected chi connectivity index (χ2v) is 5.92. The van der Waals surface area contributed by atoms with Gasteiger partial charge in [-0.2, -0.15) is 0 Å². The summed E-state index contributed by atoms with van der Waals surface area (Å²) in [6.45, 7) is 6.39. The van der Waals surface area contributed by atoms with E-state index in [0.29, 0.717) is 12.0 Å². The van der Waals surface area contributed by atoms with E-state index in [2.05, 4.69) is 12.2 Å². The van der Waals surface area contributed by atoms with Crippen LogP contribution in [0.2, 0.25) is 0 Å². The lowest BCUT2D eigenvalue weighted by Gasteiger charge is -2.29. The Hall–Kier alpha value is -1.51. The smallest absolute Gasteiger partial charge is 0.258 e. The van der Waals surface area contributed by atoms with Gasteiger partial charge in [-0.15, -0.1) is 0 Å². The molecule has 0 aromatic heterocycles. The van der Waals surface area contributed by atoms with Crippen LogP contribution in [-0.2, 0) is 4.79 Å². The summed E-state index contributed by atoms with van der Waals surface area (Å²) in [7, 11) is 0. The van der Waals surface area contributed by atoms with Gasteiger partial charge in [0.15, 0.2) is 6.61 Å². The number of benzene rings is 1. The highest BCUT2D eigenvalue weighted by molar-refractivity contribution is 5.77. The number of amides is 1. The lowest BCUT2D eigenvalue weighted by molar-refractivity contribution is -0.124. The normalized spacial score (nSPS) is 22.4. The van der Waals surface area contributed by atoms with Crippen molar-refractivity contribution in [2.24, 2.45) is 5.92 Å². The van der Waals surface area contributed by atoms with Crippen LogP contribution in [-0.4, -0.2) is 18.6 Å². The fraction of sp³-hybridized carbons (Fsp3) is 0.588. The van der Waals surface area contributed by atoms with Gasteiger partial charge >= 0.3 is 0 Å². The lowest BCUT2D eigenvalue weighted by Crippen LogP contribution is -2.43. The average Bonchev–Trinajstić information content (AvgIpc) is 2.43. The Labute approximate surface area is 121 Å². The summed E-state index contributed by atoms with van der Waals surface area (Å²) >= 11 is 0. The molecule has 1 aromatic carbocycles. The third-order valence-electron chi connectivity index (χ3n) is 4.37. The minimum atomic E-state index is -0.00958. The van der Waals surface area contributed by atoms with Gasteiger partial charge in [0.1, 0.15) is 5.75 Å². The maximum absolute atomic E-state index is 12.0. The van der Waals surface area contributed by atoms with Crippen LogP contribution in [0, 0.1) is 19.8 Å². The minimum absolute atomic E-state index is 0.00958. The van der Waals surface area contributed by atoms with Crippen molar-refractivity contribution < 1.29 is 9.53 Å². The molecule has 0 spiro atoms. The molecule has 1 aromatic rings. The summed E-state index contributed by atoms with van der Waals surface area (Å²) < 4.78 is 5.64. The molecule has 1 aliphatic rings. The Kier molecular flexibility index (Phi) is 5.05. The van der Waals surface area contributed by atoms with Crippen molar-refractivity contribution in [2.45, 2.75) is 52.5 Å². The molecule has 0 unspecified atom stereocenters. The predicted octanol–water partition coefficient (Wildman–Crippen LogP) is 3.38. The molecular weight excluding hydrogens is 250 g/mol. The molecule has 1 saturated carbocycles. The summed E-state index contributed by atoms with van der Waals surface area (Å²) in [4.78, 5) is 12.0. The van der Waals surface area contributed by atoms with Crippen molar-refractivity contribution in [1.29, 1.82) is 0 Å². The van der Waals surface area contributed by atoms with Crippen LogP contribution >= 0.6 is 0 Å². The summed E-state index contributed by atoms with van der Waals surface area (Å²) in [6, 6.07) is 6.24. The SMILES string of the molecule is Cc1cccc(OCC(=O)N[C@@H]2CCCC[C@@H]2C)c1C. The van der Waals surface area contributed by atoms with E-state index in [9.17, 15) is 4.79 Å². The van der Waals surface area contributed by atoms with Crippen molar-refractivity contribution in [3.05, 3.63) is 29.3 Å². The minimum Gasteiger partial charge on any atom is -0.483 e. The number of carbonyl (C=O) groups excluding carboxylic acids is 1. The zero-order valence-electron chi connectivity index (χ0n) is 12.7. The Morgan fingerprint density at radius 2 is 2.05 bits per heavy atom. The summed E-state index contributed by atoms with van der Waals surface area (Å²) in [5.41, 5.74) is 2.29.